The molecule has 0 atom stereocenters. The van der Waals surface area contributed by atoms with Gasteiger partial charge in [-0.25, -0.2) is 4.98 Å². The molecule has 0 aliphatic rings. The summed E-state index contributed by atoms with van der Waals surface area (Å²) in [6.45, 7) is 0. The molecule has 0 radical (unpaired) electrons. The minimum atomic E-state index is -3.77. The van der Waals surface area contributed by atoms with Crippen molar-refractivity contribution in [2.75, 3.05) is 12.5 Å². The first kappa shape index (κ1) is 12.6. The smallest absolute Gasteiger partial charge is 0.336 e. The van der Waals surface area contributed by atoms with Crippen molar-refractivity contribution in [1.82, 2.24) is 9.97 Å². The van der Waals surface area contributed by atoms with Crippen LogP contribution in [0, 0.1) is 0 Å². The number of aromatic nitrogens is 2. The standard InChI is InChI=1S/C6H8N2O6S2/c1-15(9,10)13-5-3-4-7-6(8-5)14-16(2,11)12/h3-4H,1-2H3. The van der Waals surface area contributed by atoms with E-state index >= 15 is 0 Å². The monoisotopic (exact) mass is 268 g/mol. The predicted molar refractivity (Wildman–Crippen MR) is 53.0 cm³/mol. The Morgan fingerprint density at radius 3 is 2.12 bits per heavy atom. The Hall–Kier alpha value is -1.42. The molecule has 0 saturated carbocycles. The van der Waals surface area contributed by atoms with Crippen molar-refractivity contribution in [3.05, 3.63) is 12.3 Å². The Morgan fingerprint density at radius 1 is 1.06 bits per heavy atom. The summed E-state index contributed by atoms with van der Waals surface area (Å²) in [5, 5.41) is 0. The minimum absolute atomic E-state index is 0.323. The first-order valence-electron chi connectivity index (χ1n) is 3.78. The Kier molecular flexibility index (Phi) is 3.33. The molecule has 0 N–H and O–H groups in total. The zero-order chi connectivity index (χ0) is 12.4. The van der Waals surface area contributed by atoms with Crippen molar-refractivity contribution in [2.24, 2.45) is 0 Å². The summed E-state index contributed by atoms with van der Waals surface area (Å²) >= 11 is 0. The van der Waals surface area contributed by atoms with Gasteiger partial charge in [0.2, 0.25) is 5.88 Å². The van der Waals surface area contributed by atoms with Crippen molar-refractivity contribution < 1.29 is 25.2 Å². The van der Waals surface area contributed by atoms with E-state index in [2.05, 4.69) is 18.3 Å². The van der Waals surface area contributed by atoms with Crippen molar-refractivity contribution in [2.45, 2.75) is 0 Å². The summed E-state index contributed by atoms with van der Waals surface area (Å²) in [6, 6.07) is 0.638. The van der Waals surface area contributed by atoms with E-state index in [4.69, 9.17) is 0 Å². The van der Waals surface area contributed by atoms with Crippen LogP contribution in [0.25, 0.3) is 0 Å². The van der Waals surface area contributed by atoms with Gasteiger partial charge in [0, 0.05) is 12.3 Å². The van der Waals surface area contributed by atoms with Crippen molar-refractivity contribution >= 4 is 20.2 Å². The maximum atomic E-state index is 10.8. The van der Waals surface area contributed by atoms with Crippen molar-refractivity contribution in [3.63, 3.8) is 0 Å². The SMILES string of the molecule is CS(=O)(=O)Oc1ccnc(OS(C)(=O)=O)n1. The second kappa shape index (κ2) is 4.22. The van der Waals surface area contributed by atoms with E-state index in [1.165, 1.54) is 0 Å². The average Bonchev–Trinajstić information content (AvgIpc) is 1.96. The van der Waals surface area contributed by atoms with Crippen LogP contribution in [0.5, 0.6) is 11.9 Å². The molecule has 0 saturated heterocycles. The quantitative estimate of drug-likeness (QED) is 0.649. The van der Waals surface area contributed by atoms with E-state index in [0.29, 0.717) is 0 Å². The van der Waals surface area contributed by atoms with Crippen LogP contribution in [0.4, 0.5) is 0 Å². The Bertz CT molecular complexity index is 530. The van der Waals surface area contributed by atoms with Gasteiger partial charge in [-0.05, 0) is 0 Å². The zero-order valence-corrected chi connectivity index (χ0v) is 9.95. The van der Waals surface area contributed by atoms with Crippen LogP contribution >= 0.6 is 0 Å². The highest BCUT2D eigenvalue weighted by molar-refractivity contribution is 7.86. The lowest BCUT2D eigenvalue weighted by Gasteiger charge is -2.03. The second-order valence-electron chi connectivity index (χ2n) is 2.75. The molecule has 0 bridgehead atoms. The van der Waals surface area contributed by atoms with Crippen LogP contribution in [0.1, 0.15) is 0 Å². The number of nitrogens with zero attached hydrogens (tertiary/aromatic N) is 2. The number of hydrogen-bond donors (Lipinski definition) is 0. The molecule has 0 spiro atoms. The van der Waals surface area contributed by atoms with E-state index < -0.39 is 26.2 Å². The summed E-state index contributed by atoms with van der Waals surface area (Å²) in [7, 11) is -7.50. The maximum Gasteiger partial charge on any atom is 0.336 e. The van der Waals surface area contributed by atoms with Crippen molar-refractivity contribution in [1.29, 1.82) is 0 Å². The van der Waals surface area contributed by atoms with E-state index in [1.54, 1.807) is 0 Å². The lowest BCUT2D eigenvalue weighted by molar-refractivity contribution is 0.451. The van der Waals surface area contributed by atoms with Crippen LogP contribution < -0.4 is 8.37 Å². The van der Waals surface area contributed by atoms with Gasteiger partial charge in [-0.3, -0.25) is 0 Å². The molecule has 0 unspecified atom stereocenters. The highest BCUT2D eigenvalue weighted by Crippen LogP contribution is 2.12. The fraction of sp³-hybridized carbons (Fsp3) is 0.333. The third-order valence-electron chi connectivity index (χ3n) is 1.07. The maximum absolute atomic E-state index is 10.8. The molecule has 0 amide bonds. The van der Waals surface area contributed by atoms with Gasteiger partial charge < -0.3 is 8.37 Å². The van der Waals surface area contributed by atoms with Crippen LogP contribution in [-0.4, -0.2) is 39.3 Å². The summed E-state index contributed by atoms with van der Waals surface area (Å²) in [4.78, 5) is 6.90. The Labute approximate surface area is 92.5 Å². The molecule has 8 nitrogen and oxygen atoms in total. The van der Waals surface area contributed by atoms with Gasteiger partial charge >= 0.3 is 26.2 Å². The molecule has 16 heavy (non-hydrogen) atoms. The summed E-state index contributed by atoms with van der Waals surface area (Å²) in [5.74, 6) is -0.323. The fourth-order valence-corrected chi connectivity index (χ4v) is 1.46. The van der Waals surface area contributed by atoms with Crippen LogP contribution in [0.3, 0.4) is 0 Å². The molecule has 0 aliphatic carbocycles. The molecule has 10 heteroatoms. The molecule has 0 aromatic carbocycles. The third kappa shape index (κ3) is 4.89. The van der Waals surface area contributed by atoms with Gasteiger partial charge in [0.1, 0.15) is 0 Å². The number of rotatable bonds is 4. The Balaban J connectivity index is 2.96. The van der Waals surface area contributed by atoms with Gasteiger partial charge in [0.25, 0.3) is 0 Å². The molecule has 1 aromatic rings. The third-order valence-corrected chi connectivity index (χ3v) is 2.00. The number of hydrogen-bond acceptors (Lipinski definition) is 8. The molecule has 0 fully saturated rings. The average molecular weight is 268 g/mol. The summed E-state index contributed by atoms with van der Waals surface area (Å²) in [6.07, 6.45) is 2.74. The topological polar surface area (TPSA) is 113 Å². The van der Waals surface area contributed by atoms with Gasteiger partial charge in [-0.15, -0.1) is 0 Å². The molecular weight excluding hydrogens is 260 g/mol. The highest BCUT2D eigenvalue weighted by Gasteiger charge is 2.11. The lowest BCUT2D eigenvalue weighted by Crippen LogP contribution is -2.10. The Morgan fingerprint density at radius 2 is 1.62 bits per heavy atom. The molecule has 90 valence electrons. The molecule has 1 heterocycles. The fourth-order valence-electron chi connectivity index (χ4n) is 0.702. The first-order valence-corrected chi connectivity index (χ1v) is 7.41. The van der Waals surface area contributed by atoms with E-state index in [-0.39, 0.29) is 5.88 Å². The van der Waals surface area contributed by atoms with E-state index in [9.17, 15) is 16.8 Å². The minimum Gasteiger partial charge on any atom is -0.362 e. The first-order chi connectivity index (χ1) is 7.16. The molecule has 0 aliphatic heterocycles. The van der Waals surface area contributed by atoms with Crippen LogP contribution in [-0.2, 0) is 20.2 Å². The summed E-state index contributed by atoms with van der Waals surface area (Å²) < 4.78 is 51.7. The lowest BCUT2D eigenvalue weighted by atomic mass is 10.6. The van der Waals surface area contributed by atoms with Gasteiger partial charge in [0.05, 0.1) is 12.5 Å². The largest absolute Gasteiger partial charge is 0.362 e. The normalized spacial score (nSPS) is 12.1. The van der Waals surface area contributed by atoms with Gasteiger partial charge in [0.15, 0.2) is 0 Å². The highest BCUT2D eigenvalue weighted by atomic mass is 32.2. The van der Waals surface area contributed by atoms with Gasteiger partial charge in [-0.2, -0.15) is 21.8 Å². The van der Waals surface area contributed by atoms with Gasteiger partial charge in [-0.1, -0.05) is 0 Å². The van der Waals surface area contributed by atoms with Crippen LogP contribution in [0.15, 0.2) is 12.3 Å². The van der Waals surface area contributed by atoms with E-state index in [1.807, 2.05) is 0 Å². The van der Waals surface area contributed by atoms with Crippen molar-refractivity contribution in [3.8, 4) is 11.9 Å². The molecule has 1 aromatic heterocycles. The van der Waals surface area contributed by atoms with E-state index in [0.717, 1.165) is 24.8 Å². The second-order valence-corrected chi connectivity index (χ2v) is 5.90. The van der Waals surface area contributed by atoms with Crippen LogP contribution in [0.2, 0.25) is 0 Å². The molecular formula is C6H8N2O6S2. The molecule has 1 rings (SSSR count). The summed E-state index contributed by atoms with van der Waals surface area (Å²) in [5.41, 5.74) is 0. The zero-order valence-electron chi connectivity index (χ0n) is 8.32. The predicted octanol–water partition coefficient (Wildman–Crippen LogP) is -0.847.